The van der Waals surface area contributed by atoms with Crippen molar-refractivity contribution in [1.82, 2.24) is 0 Å². The third kappa shape index (κ3) is 2.59. The minimum Gasteiger partial charge on any atom is -0.190 e. The first-order chi connectivity index (χ1) is 6.06. The summed E-state index contributed by atoms with van der Waals surface area (Å²) in [5.41, 5.74) is 0.948. The monoisotopic (exact) mass is 219 g/mol. The van der Waals surface area contributed by atoms with E-state index in [-0.39, 0.29) is 4.90 Å². The van der Waals surface area contributed by atoms with E-state index in [0.29, 0.717) is 0 Å². The first-order valence-electron chi connectivity index (χ1n) is 3.43. The van der Waals surface area contributed by atoms with Gasteiger partial charge in [0.2, 0.25) is 0 Å². The minimum absolute atomic E-state index is 0.0152. The average molecular weight is 219 g/mol. The highest BCUT2D eigenvalue weighted by Gasteiger charge is 2.19. The van der Waals surface area contributed by atoms with Gasteiger partial charge < -0.3 is 0 Å². The Bertz CT molecular complexity index is 395. The van der Waals surface area contributed by atoms with Gasteiger partial charge in [0, 0.05) is 0 Å². The third-order valence-electron chi connectivity index (χ3n) is 1.45. The normalized spacial score (nSPS) is 11.8. The molecule has 1 atom stereocenters. The molecular formula is C7H8O4PS+. The van der Waals surface area contributed by atoms with Gasteiger partial charge in [-0.15, -0.1) is 0 Å². The number of hydrogen-bond acceptors (Lipinski definition) is 4. The number of hydrogen-bond donors (Lipinski definition) is 0. The number of benzene rings is 1. The van der Waals surface area contributed by atoms with Crippen LogP contribution in [0.4, 0.5) is 0 Å². The summed E-state index contributed by atoms with van der Waals surface area (Å²) in [7, 11) is -5.13. The molecule has 0 spiro atoms. The molecule has 0 aromatic heterocycles. The standard InChI is InChI=1S/C7H8O4PS/c1-6-2-4-7(5-3-6)13(9,10)11-12-8/h2-5,12H,1H3/q+1. The Balaban J connectivity index is 3.08. The summed E-state index contributed by atoms with van der Waals surface area (Å²) in [6, 6.07) is 6.10. The van der Waals surface area contributed by atoms with Crippen LogP contribution in [0.3, 0.4) is 0 Å². The van der Waals surface area contributed by atoms with Gasteiger partial charge in [-0.05, 0) is 27.6 Å². The topological polar surface area (TPSA) is 60.4 Å². The molecule has 6 heteroatoms. The molecule has 1 rings (SSSR count). The van der Waals surface area contributed by atoms with Crippen LogP contribution in [-0.4, -0.2) is 8.42 Å². The Labute approximate surface area is 78.0 Å². The fraction of sp³-hybridized carbons (Fsp3) is 0.143. The molecule has 1 aromatic rings. The van der Waals surface area contributed by atoms with Crippen LogP contribution in [0.15, 0.2) is 29.2 Å². The second kappa shape index (κ2) is 3.96. The van der Waals surface area contributed by atoms with Crippen LogP contribution in [0.25, 0.3) is 0 Å². The van der Waals surface area contributed by atoms with Crippen LogP contribution in [-0.2, 0) is 18.7 Å². The summed E-state index contributed by atoms with van der Waals surface area (Å²) >= 11 is 0. The molecule has 0 aliphatic rings. The van der Waals surface area contributed by atoms with Gasteiger partial charge in [0.1, 0.15) is 0 Å². The Morgan fingerprint density at radius 1 is 1.23 bits per heavy atom. The van der Waals surface area contributed by atoms with E-state index in [4.69, 9.17) is 0 Å². The molecule has 4 nitrogen and oxygen atoms in total. The molecule has 0 bridgehead atoms. The molecule has 70 valence electrons. The summed E-state index contributed by atoms with van der Waals surface area (Å²) in [6.07, 6.45) is 0. The molecule has 0 saturated carbocycles. The van der Waals surface area contributed by atoms with Crippen molar-refractivity contribution < 1.29 is 17.0 Å². The smallest absolute Gasteiger partial charge is 0.190 e. The second-order valence-corrected chi connectivity index (χ2v) is 4.65. The van der Waals surface area contributed by atoms with E-state index < -0.39 is 18.8 Å². The van der Waals surface area contributed by atoms with Crippen molar-refractivity contribution in [2.75, 3.05) is 0 Å². The molecule has 0 amide bonds. The lowest BCUT2D eigenvalue weighted by atomic mass is 10.2. The van der Waals surface area contributed by atoms with Crippen LogP contribution in [0.2, 0.25) is 0 Å². The minimum atomic E-state index is -3.83. The Kier molecular flexibility index (Phi) is 3.14. The number of rotatable bonds is 3. The van der Waals surface area contributed by atoms with Crippen molar-refractivity contribution >= 4 is 18.8 Å². The Hall–Kier alpha value is -0.770. The van der Waals surface area contributed by atoms with Crippen LogP contribution in [0.5, 0.6) is 0 Å². The predicted octanol–water partition coefficient (Wildman–Crippen LogP) is 1.64. The lowest BCUT2D eigenvalue weighted by molar-refractivity contribution is 0.487. The van der Waals surface area contributed by atoms with Crippen molar-refractivity contribution in [2.24, 2.45) is 0 Å². The van der Waals surface area contributed by atoms with Crippen LogP contribution in [0, 0.1) is 6.92 Å². The summed E-state index contributed by atoms with van der Waals surface area (Å²) in [5.74, 6) is 0. The maximum Gasteiger partial charge on any atom is 0.511 e. The number of aryl methyl sites for hydroxylation is 1. The fourth-order valence-electron chi connectivity index (χ4n) is 0.798. The van der Waals surface area contributed by atoms with Gasteiger partial charge in [-0.25, -0.2) is 0 Å². The van der Waals surface area contributed by atoms with E-state index in [0.717, 1.165) is 5.56 Å². The van der Waals surface area contributed by atoms with Gasteiger partial charge in [-0.2, -0.15) is 8.42 Å². The zero-order valence-corrected chi connectivity index (χ0v) is 8.67. The van der Waals surface area contributed by atoms with Crippen LogP contribution in [0.1, 0.15) is 5.56 Å². The summed E-state index contributed by atoms with van der Waals surface area (Å²) in [5, 5.41) is 0. The van der Waals surface area contributed by atoms with Crippen molar-refractivity contribution in [3.8, 4) is 0 Å². The molecule has 0 aliphatic carbocycles. The van der Waals surface area contributed by atoms with Gasteiger partial charge in [0.05, 0.1) is 4.90 Å². The molecule has 13 heavy (non-hydrogen) atoms. The average Bonchev–Trinajstić information content (AvgIpc) is 2.05. The van der Waals surface area contributed by atoms with Crippen LogP contribution >= 0.6 is 8.69 Å². The zero-order valence-electron chi connectivity index (χ0n) is 6.85. The molecule has 0 fully saturated rings. The van der Waals surface area contributed by atoms with E-state index >= 15 is 0 Å². The van der Waals surface area contributed by atoms with Gasteiger partial charge in [0.15, 0.2) is 0 Å². The van der Waals surface area contributed by atoms with E-state index in [2.05, 4.69) is 3.97 Å². The second-order valence-electron chi connectivity index (χ2n) is 2.43. The fourth-order valence-corrected chi connectivity index (χ4v) is 2.01. The molecule has 1 aromatic carbocycles. The SMILES string of the molecule is Cc1ccc(S(=O)(=O)O[PH+]=O)cc1. The van der Waals surface area contributed by atoms with Crippen molar-refractivity contribution in [3.63, 3.8) is 0 Å². The van der Waals surface area contributed by atoms with Crippen molar-refractivity contribution in [2.45, 2.75) is 11.8 Å². The third-order valence-corrected chi connectivity index (χ3v) is 3.45. The van der Waals surface area contributed by atoms with E-state index in [1.165, 1.54) is 12.1 Å². The van der Waals surface area contributed by atoms with Crippen LogP contribution < -0.4 is 0 Å². The summed E-state index contributed by atoms with van der Waals surface area (Å²) in [4.78, 5) is 0.0152. The van der Waals surface area contributed by atoms with Gasteiger partial charge in [-0.3, -0.25) is 0 Å². The Morgan fingerprint density at radius 3 is 2.23 bits per heavy atom. The maximum atomic E-state index is 11.1. The van der Waals surface area contributed by atoms with Crippen molar-refractivity contribution in [3.05, 3.63) is 29.8 Å². The van der Waals surface area contributed by atoms with Gasteiger partial charge >= 0.3 is 18.8 Å². The largest absolute Gasteiger partial charge is 0.511 e. The van der Waals surface area contributed by atoms with Crippen molar-refractivity contribution in [1.29, 1.82) is 0 Å². The molecule has 0 heterocycles. The molecule has 0 radical (unpaired) electrons. The lowest BCUT2D eigenvalue weighted by Gasteiger charge is -1.95. The highest BCUT2D eigenvalue weighted by Crippen LogP contribution is 2.16. The predicted molar refractivity (Wildman–Crippen MR) is 48.5 cm³/mol. The highest BCUT2D eigenvalue weighted by molar-refractivity contribution is 7.89. The van der Waals surface area contributed by atoms with E-state index in [9.17, 15) is 13.0 Å². The summed E-state index contributed by atoms with van der Waals surface area (Å²) < 4.78 is 36.4. The van der Waals surface area contributed by atoms with Gasteiger partial charge in [0.25, 0.3) is 0 Å². The first kappa shape index (κ1) is 10.3. The van der Waals surface area contributed by atoms with E-state index in [1.54, 1.807) is 12.1 Å². The highest BCUT2D eigenvalue weighted by atomic mass is 32.2. The lowest BCUT2D eigenvalue weighted by Crippen LogP contribution is -1.99. The quantitative estimate of drug-likeness (QED) is 0.725. The molecule has 0 N–H and O–H groups in total. The molecule has 0 saturated heterocycles. The Morgan fingerprint density at radius 2 is 1.77 bits per heavy atom. The van der Waals surface area contributed by atoms with E-state index in [1.807, 2.05) is 6.92 Å². The molecule has 0 aliphatic heterocycles. The zero-order chi connectivity index (χ0) is 9.90. The molecule has 1 unspecified atom stereocenters. The van der Waals surface area contributed by atoms with Gasteiger partial charge in [-0.1, -0.05) is 17.7 Å². The summed E-state index contributed by atoms with van der Waals surface area (Å²) in [6.45, 7) is 1.84. The maximum absolute atomic E-state index is 11.1. The molecular weight excluding hydrogens is 211 g/mol. The first-order valence-corrected chi connectivity index (χ1v) is 5.66.